The molecule has 0 aliphatic carbocycles. The van der Waals surface area contributed by atoms with Crippen molar-refractivity contribution < 1.29 is 13.9 Å². The van der Waals surface area contributed by atoms with E-state index in [1.54, 1.807) is 4.90 Å². The number of para-hydroxylation sites is 1. The average molecular weight is 496 g/mol. The number of halogens is 1. The number of amides is 1. The van der Waals surface area contributed by atoms with Crippen LogP contribution in [0, 0.1) is 5.82 Å². The molecule has 2 N–H and O–H groups in total. The van der Waals surface area contributed by atoms with E-state index in [-0.39, 0.29) is 17.7 Å². The highest BCUT2D eigenvalue weighted by atomic mass is 19.1. The highest BCUT2D eigenvalue weighted by Crippen LogP contribution is 2.31. The number of hydrogen-bond donors (Lipinski definition) is 2. The number of aryl methyl sites for hydroxylation is 1. The van der Waals surface area contributed by atoms with Gasteiger partial charge in [-0.1, -0.05) is 30.8 Å². The Morgan fingerprint density at radius 2 is 1.73 bits per heavy atom. The number of rotatable bonds is 7. The molecule has 0 bridgehead atoms. The van der Waals surface area contributed by atoms with Crippen LogP contribution < -0.4 is 20.3 Å². The molecule has 0 saturated heterocycles. The zero-order chi connectivity index (χ0) is 25.6. The van der Waals surface area contributed by atoms with E-state index >= 15 is 0 Å². The average Bonchev–Trinajstić information content (AvgIpc) is 3.14. The number of aromatic nitrogens is 2. The van der Waals surface area contributed by atoms with Crippen molar-refractivity contribution in [1.29, 1.82) is 0 Å². The Bertz CT molecular complexity index is 1410. The van der Waals surface area contributed by atoms with Crippen LogP contribution in [-0.2, 0) is 11.2 Å². The Hall–Kier alpha value is -4.72. The summed E-state index contributed by atoms with van der Waals surface area (Å²) in [7, 11) is 0. The van der Waals surface area contributed by atoms with Crippen LogP contribution in [0.3, 0.4) is 0 Å². The number of fused-ring (bicyclic) bond motifs is 1. The molecule has 4 aromatic rings. The Morgan fingerprint density at radius 3 is 2.51 bits per heavy atom. The number of benzene rings is 3. The quantitative estimate of drug-likeness (QED) is 0.276. The van der Waals surface area contributed by atoms with Gasteiger partial charge in [-0.25, -0.2) is 9.37 Å². The molecular weight excluding hydrogens is 469 g/mol. The van der Waals surface area contributed by atoms with Crippen molar-refractivity contribution in [3.63, 3.8) is 0 Å². The molecule has 1 amide bonds. The van der Waals surface area contributed by atoms with Gasteiger partial charge in [0.05, 0.1) is 6.20 Å². The van der Waals surface area contributed by atoms with E-state index < -0.39 is 5.82 Å². The Labute approximate surface area is 214 Å². The van der Waals surface area contributed by atoms with Gasteiger partial charge in [-0.3, -0.25) is 4.79 Å². The fraction of sp³-hybridized carbons (Fsp3) is 0.138. The molecule has 0 atom stereocenters. The molecule has 8 heteroatoms. The smallest absolute Gasteiger partial charge is 0.250 e. The summed E-state index contributed by atoms with van der Waals surface area (Å²) in [6, 6.07) is 22.5. The van der Waals surface area contributed by atoms with Crippen molar-refractivity contribution in [2.45, 2.75) is 19.3 Å². The zero-order valence-electron chi connectivity index (χ0n) is 20.2. The normalized spacial score (nSPS) is 12.7. The van der Waals surface area contributed by atoms with Crippen LogP contribution in [-0.4, -0.2) is 22.4 Å². The van der Waals surface area contributed by atoms with E-state index in [9.17, 15) is 9.18 Å². The van der Waals surface area contributed by atoms with Crippen molar-refractivity contribution in [1.82, 2.24) is 9.97 Å². The van der Waals surface area contributed by atoms with Gasteiger partial charge in [-0.2, -0.15) is 4.98 Å². The fourth-order valence-corrected chi connectivity index (χ4v) is 4.16. The molecule has 1 aliphatic rings. The molecule has 0 spiro atoms. The summed E-state index contributed by atoms with van der Waals surface area (Å²) >= 11 is 0. The molecule has 186 valence electrons. The lowest BCUT2D eigenvalue weighted by atomic mass is 10.1. The SMILES string of the molecule is C=CC(=O)N1CCCCc2ccc(Nc3nc(Nc4ccc(Oc5ccccc5)cc4)ncc3F)cc21. The molecule has 7 nitrogen and oxygen atoms in total. The van der Waals surface area contributed by atoms with Crippen molar-refractivity contribution in [2.75, 3.05) is 22.1 Å². The van der Waals surface area contributed by atoms with Gasteiger partial charge in [-0.05, 0) is 79.4 Å². The van der Waals surface area contributed by atoms with Gasteiger partial charge in [0.2, 0.25) is 11.9 Å². The van der Waals surface area contributed by atoms with E-state index in [1.807, 2.05) is 72.8 Å². The number of nitrogens with zero attached hydrogens (tertiary/aromatic N) is 3. The highest BCUT2D eigenvalue weighted by Gasteiger charge is 2.20. The number of hydrogen-bond acceptors (Lipinski definition) is 6. The van der Waals surface area contributed by atoms with E-state index in [2.05, 4.69) is 27.2 Å². The summed E-state index contributed by atoms with van der Waals surface area (Å²) in [6.07, 6.45) is 5.21. The predicted octanol–water partition coefficient (Wildman–Crippen LogP) is 6.75. The van der Waals surface area contributed by atoms with Gasteiger partial charge in [0, 0.05) is 23.6 Å². The third kappa shape index (κ3) is 5.75. The third-order valence-electron chi connectivity index (χ3n) is 5.99. The van der Waals surface area contributed by atoms with Crippen LogP contribution >= 0.6 is 0 Å². The standard InChI is InChI=1S/C29H26FN5O2/c1-2-27(36)35-17-7-6-8-20-11-12-22(18-26(20)35)32-28-25(30)19-31-29(34-28)33-21-13-15-24(16-14-21)37-23-9-4-3-5-10-23/h2-5,9-16,18-19H,1,6-8,17H2,(H2,31,32,33,34). The van der Waals surface area contributed by atoms with Crippen molar-refractivity contribution in [3.8, 4) is 11.5 Å². The van der Waals surface area contributed by atoms with Gasteiger partial charge >= 0.3 is 0 Å². The monoisotopic (exact) mass is 495 g/mol. The Morgan fingerprint density at radius 1 is 0.973 bits per heavy atom. The molecule has 0 fully saturated rings. The van der Waals surface area contributed by atoms with Crippen LogP contribution in [0.15, 0.2) is 91.6 Å². The maximum atomic E-state index is 14.6. The van der Waals surface area contributed by atoms with E-state index in [0.717, 1.165) is 48.1 Å². The summed E-state index contributed by atoms with van der Waals surface area (Å²) in [5.41, 5.74) is 3.22. The number of anilines is 5. The highest BCUT2D eigenvalue weighted by molar-refractivity contribution is 6.02. The maximum absolute atomic E-state index is 14.6. The minimum absolute atomic E-state index is 0.0247. The second kappa shape index (κ2) is 10.9. The first-order valence-electron chi connectivity index (χ1n) is 12.1. The maximum Gasteiger partial charge on any atom is 0.250 e. The molecule has 5 rings (SSSR count). The van der Waals surface area contributed by atoms with E-state index in [4.69, 9.17) is 4.74 Å². The van der Waals surface area contributed by atoms with Gasteiger partial charge in [0.15, 0.2) is 11.6 Å². The third-order valence-corrected chi connectivity index (χ3v) is 5.99. The first kappa shape index (κ1) is 24.0. The minimum atomic E-state index is -0.592. The zero-order valence-corrected chi connectivity index (χ0v) is 20.2. The second-order valence-electron chi connectivity index (χ2n) is 8.57. The predicted molar refractivity (Wildman–Crippen MR) is 143 cm³/mol. The first-order chi connectivity index (χ1) is 18.1. The van der Waals surface area contributed by atoms with Gasteiger partial charge in [-0.15, -0.1) is 0 Å². The van der Waals surface area contributed by atoms with Gasteiger partial charge in [0.1, 0.15) is 11.5 Å². The lowest BCUT2D eigenvalue weighted by Crippen LogP contribution is -2.29. The Kier molecular flexibility index (Phi) is 7.07. The summed E-state index contributed by atoms with van der Waals surface area (Å²) in [5, 5.41) is 6.12. The molecule has 0 radical (unpaired) electrons. The number of ether oxygens (including phenoxy) is 1. The second-order valence-corrected chi connectivity index (χ2v) is 8.57. The Balaban J connectivity index is 1.32. The number of nitrogens with one attached hydrogen (secondary N) is 2. The van der Waals surface area contributed by atoms with E-state index in [0.29, 0.717) is 18.0 Å². The number of carbonyl (C=O) groups is 1. The molecule has 0 saturated carbocycles. The van der Waals surface area contributed by atoms with Crippen molar-refractivity contribution in [2.24, 2.45) is 0 Å². The molecule has 1 aromatic heterocycles. The molecule has 37 heavy (non-hydrogen) atoms. The van der Waals surface area contributed by atoms with Crippen LogP contribution in [0.1, 0.15) is 18.4 Å². The molecule has 2 heterocycles. The summed E-state index contributed by atoms with van der Waals surface area (Å²) in [6.45, 7) is 4.24. The van der Waals surface area contributed by atoms with Crippen LogP contribution in [0.5, 0.6) is 11.5 Å². The lowest BCUT2D eigenvalue weighted by molar-refractivity contribution is -0.114. The lowest BCUT2D eigenvalue weighted by Gasteiger charge is -2.22. The van der Waals surface area contributed by atoms with E-state index in [1.165, 1.54) is 6.08 Å². The topological polar surface area (TPSA) is 79.4 Å². The molecule has 1 aliphatic heterocycles. The van der Waals surface area contributed by atoms with Gasteiger partial charge < -0.3 is 20.3 Å². The van der Waals surface area contributed by atoms with Crippen molar-refractivity contribution >= 4 is 34.7 Å². The summed E-state index contributed by atoms with van der Waals surface area (Å²) in [5.74, 6) is 0.948. The van der Waals surface area contributed by atoms with Gasteiger partial charge in [0.25, 0.3) is 0 Å². The summed E-state index contributed by atoms with van der Waals surface area (Å²) < 4.78 is 20.4. The van der Waals surface area contributed by atoms with Crippen LogP contribution in [0.4, 0.5) is 33.2 Å². The molecule has 3 aromatic carbocycles. The van der Waals surface area contributed by atoms with Crippen LogP contribution in [0.25, 0.3) is 0 Å². The largest absolute Gasteiger partial charge is 0.457 e. The first-order valence-corrected chi connectivity index (χ1v) is 12.1. The number of carbonyl (C=O) groups excluding carboxylic acids is 1. The molecular formula is C29H26FN5O2. The van der Waals surface area contributed by atoms with Crippen molar-refractivity contribution in [3.05, 3.63) is 103 Å². The molecule has 0 unspecified atom stereocenters. The van der Waals surface area contributed by atoms with Crippen LogP contribution in [0.2, 0.25) is 0 Å². The minimum Gasteiger partial charge on any atom is -0.457 e. The summed E-state index contributed by atoms with van der Waals surface area (Å²) in [4.78, 5) is 22.5. The fourth-order valence-electron chi connectivity index (χ4n) is 4.16.